The molecule has 7 heterocycles. The molecule has 4 aliphatic heterocycles. The van der Waals surface area contributed by atoms with Crippen molar-refractivity contribution in [1.82, 2.24) is 40.4 Å². The maximum Gasteiger partial charge on any atom is 0.254 e. The fraction of sp³-hybridized carbons (Fsp3) is 0.556. The number of hydrogen-bond donors (Lipinski definition) is 3. The molecular formula is C54H74N10O6SSi. The van der Waals surface area contributed by atoms with Crippen LogP contribution in [0, 0.1) is 18.8 Å². The molecular weight excluding hydrogens is 945 g/mol. The monoisotopic (exact) mass is 1020 g/mol. The van der Waals surface area contributed by atoms with Crippen LogP contribution in [0.25, 0.3) is 21.7 Å². The van der Waals surface area contributed by atoms with Gasteiger partial charge in [0.15, 0.2) is 19.9 Å². The number of aryl methyl sites for hydroxylation is 1. The summed E-state index contributed by atoms with van der Waals surface area (Å²) in [7, 11) is -2.22. The van der Waals surface area contributed by atoms with E-state index in [9.17, 15) is 14.7 Å². The van der Waals surface area contributed by atoms with E-state index in [4.69, 9.17) is 13.7 Å². The molecule has 5 aromatic rings. The topological polar surface area (TPSA) is 175 Å². The molecule has 2 amide bonds. The minimum Gasteiger partial charge on any atom is -0.507 e. The van der Waals surface area contributed by atoms with E-state index < -0.39 is 20.3 Å². The second kappa shape index (κ2) is 21.6. The Hall–Kier alpha value is -5.40. The van der Waals surface area contributed by atoms with E-state index in [1.54, 1.807) is 28.4 Å². The van der Waals surface area contributed by atoms with Gasteiger partial charge in [-0.2, -0.15) is 0 Å². The summed E-state index contributed by atoms with van der Waals surface area (Å²) in [4.78, 5) is 44.0. The van der Waals surface area contributed by atoms with Crippen LogP contribution < -0.4 is 20.3 Å². The number of fused-ring (bicyclic) bond motifs is 3. The highest BCUT2D eigenvalue weighted by atomic mass is 32.1. The number of nitrogens with zero attached hydrogens (tertiary/aromatic N) is 8. The van der Waals surface area contributed by atoms with Crippen molar-refractivity contribution in [3.63, 3.8) is 0 Å². The number of benzene rings is 2. The maximum atomic E-state index is 14.8. The van der Waals surface area contributed by atoms with Crippen LogP contribution in [-0.2, 0) is 14.0 Å². The van der Waals surface area contributed by atoms with E-state index in [1.165, 1.54) is 0 Å². The third-order valence-corrected chi connectivity index (χ3v) is 21.4. The van der Waals surface area contributed by atoms with Crippen molar-refractivity contribution >= 4 is 43.0 Å². The van der Waals surface area contributed by atoms with Gasteiger partial charge in [-0.25, -0.2) is 4.98 Å². The number of phenolic OH excluding ortho intramolecular Hbond substituents is 1. The van der Waals surface area contributed by atoms with Gasteiger partial charge in [0.1, 0.15) is 24.3 Å². The number of amides is 2. The molecule has 4 aliphatic rings. The Morgan fingerprint density at radius 1 is 0.986 bits per heavy atom. The van der Waals surface area contributed by atoms with Crippen molar-refractivity contribution in [2.24, 2.45) is 11.8 Å². The summed E-state index contributed by atoms with van der Waals surface area (Å²) >= 11 is 1.61. The van der Waals surface area contributed by atoms with Crippen molar-refractivity contribution < 1.29 is 28.4 Å². The molecule has 3 aromatic heterocycles. The van der Waals surface area contributed by atoms with Crippen LogP contribution in [-0.4, -0.2) is 144 Å². The highest BCUT2D eigenvalue weighted by Gasteiger charge is 2.48. The first-order valence-corrected chi connectivity index (χ1v) is 29.7. The Balaban J connectivity index is 0.768. The highest BCUT2D eigenvalue weighted by molar-refractivity contribution is 7.13. The molecule has 18 heteroatoms. The van der Waals surface area contributed by atoms with Crippen LogP contribution in [0.1, 0.15) is 89.8 Å². The number of aromatic nitrogens is 4. The SMILES string of the molecule is Cc1ncsc1-c1ccc([C@H](C)NC(=O)[C@@H]2C[C@@H](O[Si](C)(C)C(C)(C)C)CN2C(=O)[C@@H](c2cc(OCCN3CCC(CN4CCN5c6cc(-c7ccccc7O)nnc6NCC5C4)CC3)no2)C(C)C)cc1. The lowest BCUT2D eigenvalue weighted by Gasteiger charge is -2.47. The predicted octanol–water partition coefficient (Wildman–Crippen LogP) is 8.58. The molecule has 0 spiro atoms. The first-order chi connectivity index (χ1) is 34.4. The van der Waals surface area contributed by atoms with Crippen molar-refractivity contribution in [1.29, 1.82) is 0 Å². The summed E-state index contributed by atoms with van der Waals surface area (Å²) < 4.78 is 19.0. The lowest BCUT2D eigenvalue weighted by atomic mass is 9.91. The van der Waals surface area contributed by atoms with E-state index in [-0.39, 0.29) is 40.7 Å². The Labute approximate surface area is 430 Å². The van der Waals surface area contributed by atoms with Gasteiger partial charge in [0.05, 0.1) is 45.7 Å². The fourth-order valence-electron chi connectivity index (χ4n) is 10.6. The van der Waals surface area contributed by atoms with Gasteiger partial charge < -0.3 is 39.2 Å². The number of anilines is 2. The highest BCUT2D eigenvalue weighted by Crippen LogP contribution is 2.41. The fourth-order valence-corrected chi connectivity index (χ4v) is 12.8. The van der Waals surface area contributed by atoms with Crippen molar-refractivity contribution in [3.05, 3.63) is 83.2 Å². The van der Waals surface area contributed by atoms with Crippen LogP contribution >= 0.6 is 11.3 Å². The van der Waals surface area contributed by atoms with Gasteiger partial charge >= 0.3 is 0 Å². The molecule has 16 nitrogen and oxygen atoms in total. The van der Waals surface area contributed by atoms with E-state index in [0.717, 1.165) is 98.4 Å². The smallest absolute Gasteiger partial charge is 0.254 e. The number of likely N-dealkylation sites (tertiary alicyclic amines) is 2. The predicted molar refractivity (Wildman–Crippen MR) is 285 cm³/mol. The molecule has 3 fully saturated rings. The average molecular weight is 1020 g/mol. The van der Waals surface area contributed by atoms with Crippen molar-refractivity contribution in [2.75, 3.05) is 75.7 Å². The molecule has 3 N–H and O–H groups in total. The van der Waals surface area contributed by atoms with Gasteiger partial charge in [-0.3, -0.25) is 19.4 Å². The van der Waals surface area contributed by atoms with E-state index in [1.807, 2.05) is 63.5 Å². The van der Waals surface area contributed by atoms with E-state index in [2.05, 4.69) is 97.7 Å². The molecule has 5 atom stereocenters. The number of para-hydroxylation sites is 1. The van der Waals surface area contributed by atoms with Crippen molar-refractivity contribution in [2.45, 2.75) is 116 Å². The summed E-state index contributed by atoms with van der Waals surface area (Å²) in [5.41, 5.74) is 7.34. The van der Waals surface area contributed by atoms with Crippen LogP contribution in [0.5, 0.6) is 11.6 Å². The number of phenols is 1. The lowest BCUT2D eigenvalue weighted by Crippen LogP contribution is -2.58. The Kier molecular flexibility index (Phi) is 15.4. The van der Waals surface area contributed by atoms with Crippen LogP contribution in [0.4, 0.5) is 11.5 Å². The van der Waals surface area contributed by atoms with Crippen LogP contribution in [0.2, 0.25) is 18.1 Å². The number of rotatable bonds is 16. The van der Waals surface area contributed by atoms with Crippen LogP contribution in [0.15, 0.2) is 70.7 Å². The molecule has 0 aliphatic carbocycles. The van der Waals surface area contributed by atoms with Gasteiger partial charge in [-0.15, -0.1) is 21.5 Å². The van der Waals surface area contributed by atoms with Crippen molar-refractivity contribution in [3.8, 4) is 33.3 Å². The first-order valence-electron chi connectivity index (χ1n) is 25.9. The number of aromatic hydroxyl groups is 1. The zero-order chi connectivity index (χ0) is 50.9. The normalized spacial score (nSPS) is 21.0. The standard InChI is InChI=1S/C54H74N10O6SSi/c1-34(2)49(53(67)64-32-41(70-72(8,9)54(5,6)7)26-45(64)52(66)57-35(3)38-14-16-39(17-15-38)50-36(4)56-33-71-50)47-28-48(60-69-47)68-25-24-61-20-18-37(19-21-61)30-62-22-23-63-40(31-62)29-55-51-44(63)27-43(58-59-51)42-12-10-11-13-46(42)65/h10-17,27-28,33-35,37,40-41,45,49,65H,18-26,29-32H2,1-9H3,(H,55,59)(H,57,66)/t35-,40?,41+,45-,49+/m0/s1. The third-order valence-electron chi connectivity index (χ3n) is 15.9. The summed E-state index contributed by atoms with van der Waals surface area (Å²) in [6, 6.07) is 18.7. The summed E-state index contributed by atoms with van der Waals surface area (Å²) in [5, 5.41) is 30.3. The number of hydrogen-bond acceptors (Lipinski definition) is 15. The van der Waals surface area contributed by atoms with Gasteiger partial charge in [0, 0.05) is 63.9 Å². The van der Waals surface area contributed by atoms with Gasteiger partial charge in [-0.05, 0) is 104 Å². The first kappa shape index (κ1) is 51.5. The Morgan fingerprint density at radius 3 is 2.46 bits per heavy atom. The number of piperidine rings is 1. The molecule has 0 radical (unpaired) electrons. The Bertz CT molecular complexity index is 2660. The number of thiazole rings is 1. The maximum absolute atomic E-state index is 14.8. The molecule has 72 heavy (non-hydrogen) atoms. The van der Waals surface area contributed by atoms with Gasteiger partial charge in [-0.1, -0.05) is 71.0 Å². The number of ether oxygens (including phenoxy) is 1. The molecule has 1 unspecified atom stereocenters. The third kappa shape index (κ3) is 11.4. The zero-order valence-corrected chi connectivity index (χ0v) is 45.4. The van der Waals surface area contributed by atoms with Crippen LogP contribution in [0.3, 0.4) is 0 Å². The largest absolute Gasteiger partial charge is 0.507 e. The molecule has 386 valence electrons. The number of nitrogens with one attached hydrogen (secondary N) is 2. The second-order valence-corrected chi connectivity index (χ2v) is 27.9. The number of piperazine rings is 1. The molecule has 3 saturated heterocycles. The van der Waals surface area contributed by atoms with Gasteiger partial charge in [0.25, 0.3) is 5.88 Å². The quantitative estimate of drug-likeness (QED) is 0.0802. The summed E-state index contributed by atoms with van der Waals surface area (Å²) in [5.74, 6) is 1.26. The molecule has 0 bridgehead atoms. The van der Waals surface area contributed by atoms with E-state index in [0.29, 0.717) is 54.4 Å². The lowest BCUT2D eigenvalue weighted by molar-refractivity contribution is -0.141. The Morgan fingerprint density at radius 2 is 1.75 bits per heavy atom. The second-order valence-electron chi connectivity index (χ2n) is 22.3. The van der Waals surface area contributed by atoms with Gasteiger partial charge in [0.2, 0.25) is 11.8 Å². The van der Waals surface area contributed by atoms with E-state index >= 15 is 0 Å². The number of carbonyl (C=O) groups excluding carboxylic acids is 2. The molecule has 0 saturated carbocycles. The summed E-state index contributed by atoms with van der Waals surface area (Å²) in [6.45, 7) is 27.4. The molecule has 2 aromatic carbocycles. The molecule has 9 rings (SSSR count). The summed E-state index contributed by atoms with van der Waals surface area (Å²) in [6.07, 6.45) is 2.41. The number of carbonyl (C=O) groups is 2. The zero-order valence-electron chi connectivity index (χ0n) is 43.6. The average Bonchev–Trinajstić information content (AvgIpc) is 4.12. The minimum atomic E-state index is -2.22. The minimum absolute atomic E-state index is 0.0351.